The summed E-state index contributed by atoms with van der Waals surface area (Å²) in [5, 5.41) is 8.77. The largest absolute Gasteiger partial charge is 0.497 e. The summed E-state index contributed by atoms with van der Waals surface area (Å²) in [5.74, 6) is -0.228. The summed E-state index contributed by atoms with van der Waals surface area (Å²) in [6.45, 7) is 2.16. The van der Waals surface area contributed by atoms with Crippen molar-refractivity contribution in [3.63, 3.8) is 0 Å². The minimum Gasteiger partial charge on any atom is -0.497 e. The van der Waals surface area contributed by atoms with Gasteiger partial charge < -0.3 is 19.5 Å². The van der Waals surface area contributed by atoms with E-state index in [1.54, 1.807) is 38.3 Å². The van der Waals surface area contributed by atoms with E-state index in [1.165, 1.54) is 4.90 Å². The number of rotatable bonds is 5. The van der Waals surface area contributed by atoms with E-state index in [4.69, 9.17) is 14.6 Å². The van der Waals surface area contributed by atoms with Crippen molar-refractivity contribution >= 4 is 11.9 Å². The lowest BCUT2D eigenvalue weighted by Gasteiger charge is -2.38. The molecule has 1 unspecified atom stereocenters. The molecule has 1 heterocycles. The van der Waals surface area contributed by atoms with Crippen molar-refractivity contribution in [2.45, 2.75) is 13.0 Å². The van der Waals surface area contributed by atoms with Gasteiger partial charge in [-0.05, 0) is 31.2 Å². The molecule has 1 aliphatic rings. The third-order valence-corrected chi connectivity index (χ3v) is 3.26. The number of methoxy groups -OCH3 is 1. The van der Waals surface area contributed by atoms with Crippen LogP contribution in [0.1, 0.15) is 6.92 Å². The molecule has 1 atom stereocenters. The molecule has 108 valence electrons. The van der Waals surface area contributed by atoms with E-state index in [9.17, 15) is 9.59 Å². The Morgan fingerprint density at radius 1 is 1.25 bits per heavy atom. The molecule has 1 saturated heterocycles. The molecule has 6 nitrogen and oxygen atoms in total. The predicted molar refractivity (Wildman–Crippen MR) is 70.8 cm³/mol. The van der Waals surface area contributed by atoms with Crippen molar-refractivity contribution in [3.8, 4) is 11.5 Å². The number of hydrogen-bond donors (Lipinski definition) is 1. The number of nitrogens with zero attached hydrogens (tertiary/aromatic N) is 1. The van der Waals surface area contributed by atoms with Crippen LogP contribution in [0.15, 0.2) is 24.3 Å². The maximum atomic E-state index is 12.0. The van der Waals surface area contributed by atoms with Crippen LogP contribution in [-0.2, 0) is 9.59 Å². The molecule has 1 aromatic rings. The first kappa shape index (κ1) is 14.2. The number of hydrogen-bond acceptors (Lipinski definition) is 4. The van der Waals surface area contributed by atoms with E-state index in [1.807, 2.05) is 0 Å². The Morgan fingerprint density at radius 3 is 2.30 bits per heavy atom. The third kappa shape index (κ3) is 3.01. The smallest absolute Gasteiger partial charge is 0.310 e. The maximum absolute atomic E-state index is 12.0. The SMILES string of the molecule is COc1ccc(OC(C)C(=O)N2CC(C(=O)O)C2)cc1. The highest BCUT2D eigenvalue weighted by molar-refractivity contribution is 5.84. The second kappa shape index (κ2) is 5.81. The Labute approximate surface area is 116 Å². The molecule has 0 spiro atoms. The van der Waals surface area contributed by atoms with Gasteiger partial charge in [-0.1, -0.05) is 0 Å². The second-order valence-electron chi connectivity index (χ2n) is 4.71. The van der Waals surface area contributed by atoms with Crippen LogP contribution in [0, 0.1) is 5.92 Å². The highest BCUT2D eigenvalue weighted by atomic mass is 16.5. The summed E-state index contributed by atoms with van der Waals surface area (Å²) in [4.78, 5) is 24.2. The van der Waals surface area contributed by atoms with E-state index >= 15 is 0 Å². The van der Waals surface area contributed by atoms with Crippen LogP contribution in [0.3, 0.4) is 0 Å². The Hall–Kier alpha value is -2.24. The van der Waals surface area contributed by atoms with Gasteiger partial charge >= 0.3 is 5.97 Å². The zero-order valence-corrected chi connectivity index (χ0v) is 11.4. The van der Waals surface area contributed by atoms with Crippen LogP contribution in [0.25, 0.3) is 0 Å². The quantitative estimate of drug-likeness (QED) is 0.870. The summed E-state index contributed by atoms with van der Waals surface area (Å²) >= 11 is 0. The van der Waals surface area contributed by atoms with Gasteiger partial charge in [0.1, 0.15) is 11.5 Å². The van der Waals surface area contributed by atoms with Gasteiger partial charge in [-0.3, -0.25) is 9.59 Å². The molecule has 1 aromatic carbocycles. The van der Waals surface area contributed by atoms with Crippen molar-refractivity contribution < 1.29 is 24.2 Å². The van der Waals surface area contributed by atoms with Gasteiger partial charge in [-0.25, -0.2) is 0 Å². The van der Waals surface area contributed by atoms with Crippen LogP contribution in [0.5, 0.6) is 11.5 Å². The Balaban J connectivity index is 1.86. The van der Waals surface area contributed by atoms with Crippen molar-refractivity contribution in [2.75, 3.05) is 20.2 Å². The van der Waals surface area contributed by atoms with Gasteiger partial charge in [0.2, 0.25) is 0 Å². The van der Waals surface area contributed by atoms with E-state index in [0.717, 1.165) is 0 Å². The van der Waals surface area contributed by atoms with Crippen molar-refractivity contribution in [1.29, 1.82) is 0 Å². The van der Waals surface area contributed by atoms with Crippen molar-refractivity contribution in [3.05, 3.63) is 24.3 Å². The molecular weight excluding hydrogens is 262 g/mol. The lowest BCUT2D eigenvalue weighted by molar-refractivity contribution is -0.155. The summed E-state index contributed by atoms with van der Waals surface area (Å²) < 4.78 is 10.6. The molecule has 2 rings (SSSR count). The van der Waals surface area contributed by atoms with Gasteiger partial charge in [0.15, 0.2) is 6.10 Å². The first-order valence-corrected chi connectivity index (χ1v) is 6.33. The van der Waals surface area contributed by atoms with Crippen LogP contribution in [-0.4, -0.2) is 48.2 Å². The molecular formula is C14H17NO5. The van der Waals surface area contributed by atoms with Gasteiger partial charge in [-0.15, -0.1) is 0 Å². The van der Waals surface area contributed by atoms with Crippen molar-refractivity contribution in [2.24, 2.45) is 5.92 Å². The van der Waals surface area contributed by atoms with E-state index in [2.05, 4.69) is 0 Å². The molecule has 0 radical (unpaired) electrons. The van der Waals surface area contributed by atoms with Crippen LogP contribution in [0.4, 0.5) is 0 Å². The molecule has 0 aromatic heterocycles. The number of amides is 1. The van der Waals surface area contributed by atoms with Crippen molar-refractivity contribution in [1.82, 2.24) is 4.90 Å². The molecule has 0 bridgehead atoms. The number of benzene rings is 1. The number of ether oxygens (including phenoxy) is 2. The highest BCUT2D eigenvalue weighted by Gasteiger charge is 2.37. The zero-order chi connectivity index (χ0) is 14.7. The fourth-order valence-corrected chi connectivity index (χ4v) is 1.98. The lowest BCUT2D eigenvalue weighted by Crippen LogP contribution is -2.56. The Kier molecular flexibility index (Phi) is 4.12. The standard InChI is InChI=1S/C14H17NO5/c1-9(13(16)15-7-10(8-15)14(17)18)20-12-5-3-11(19-2)4-6-12/h3-6,9-10H,7-8H2,1-2H3,(H,17,18). The van der Waals surface area contributed by atoms with E-state index in [-0.39, 0.29) is 19.0 Å². The number of aliphatic carboxylic acids is 1. The van der Waals surface area contributed by atoms with Crippen LogP contribution in [0.2, 0.25) is 0 Å². The molecule has 1 amide bonds. The van der Waals surface area contributed by atoms with Gasteiger partial charge in [0.25, 0.3) is 5.91 Å². The average molecular weight is 279 g/mol. The molecule has 20 heavy (non-hydrogen) atoms. The van der Waals surface area contributed by atoms with Gasteiger partial charge in [-0.2, -0.15) is 0 Å². The zero-order valence-electron chi connectivity index (χ0n) is 11.4. The molecule has 1 N–H and O–H groups in total. The van der Waals surface area contributed by atoms with E-state index < -0.39 is 18.0 Å². The minimum absolute atomic E-state index is 0.196. The average Bonchev–Trinajstić information content (AvgIpc) is 2.37. The van der Waals surface area contributed by atoms with Crippen LogP contribution >= 0.6 is 0 Å². The lowest BCUT2D eigenvalue weighted by atomic mass is 10.00. The number of carboxylic acid groups (broad SMARTS) is 1. The Bertz CT molecular complexity index is 493. The number of carbonyl (C=O) groups excluding carboxylic acids is 1. The topological polar surface area (TPSA) is 76.1 Å². The maximum Gasteiger partial charge on any atom is 0.310 e. The normalized spacial score (nSPS) is 16.2. The fourth-order valence-electron chi connectivity index (χ4n) is 1.98. The monoisotopic (exact) mass is 279 g/mol. The molecule has 6 heteroatoms. The second-order valence-corrected chi connectivity index (χ2v) is 4.71. The summed E-state index contributed by atoms with van der Waals surface area (Å²) in [6.07, 6.45) is -0.641. The van der Waals surface area contributed by atoms with Gasteiger partial charge in [0, 0.05) is 13.1 Å². The molecule has 0 saturated carbocycles. The number of likely N-dealkylation sites (tertiary alicyclic amines) is 1. The fraction of sp³-hybridized carbons (Fsp3) is 0.429. The third-order valence-electron chi connectivity index (χ3n) is 3.26. The minimum atomic E-state index is -0.863. The Morgan fingerprint density at radius 2 is 1.80 bits per heavy atom. The first-order chi connectivity index (χ1) is 9.51. The summed E-state index contributed by atoms with van der Waals surface area (Å²) in [5.41, 5.74) is 0. The number of carbonyl (C=O) groups is 2. The first-order valence-electron chi connectivity index (χ1n) is 6.33. The van der Waals surface area contributed by atoms with Gasteiger partial charge in [0.05, 0.1) is 13.0 Å². The molecule has 0 aliphatic carbocycles. The number of carboxylic acids is 1. The molecule has 1 fully saturated rings. The van der Waals surface area contributed by atoms with Crippen LogP contribution < -0.4 is 9.47 Å². The molecule has 1 aliphatic heterocycles. The van der Waals surface area contributed by atoms with E-state index in [0.29, 0.717) is 11.5 Å². The summed E-state index contributed by atoms with van der Waals surface area (Å²) in [7, 11) is 1.57. The predicted octanol–water partition coefficient (Wildman–Crippen LogP) is 1.01. The summed E-state index contributed by atoms with van der Waals surface area (Å²) in [6, 6.07) is 6.94. The highest BCUT2D eigenvalue weighted by Crippen LogP contribution is 2.21.